The fourth-order valence-corrected chi connectivity index (χ4v) is 12.1. The number of rotatable bonds is 69. The van der Waals surface area contributed by atoms with E-state index in [4.69, 9.17) is 9.47 Å². The van der Waals surface area contributed by atoms with E-state index in [9.17, 15) is 30.3 Å². The molecule has 0 aromatic heterocycles. The van der Waals surface area contributed by atoms with Crippen LogP contribution in [0.2, 0.25) is 0 Å². The molecular formula is C85H149NO8. The van der Waals surface area contributed by atoms with Crippen LogP contribution in [0.4, 0.5) is 0 Å². The predicted molar refractivity (Wildman–Crippen MR) is 405 cm³/mol. The van der Waals surface area contributed by atoms with Gasteiger partial charge in [-0.15, -0.1) is 0 Å². The molecule has 7 atom stereocenters. The fourth-order valence-electron chi connectivity index (χ4n) is 12.1. The third kappa shape index (κ3) is 59.8. The van der Waals surface area contributed by atoms with E-state index >= 15 is 0 Å². The van der Waals surface area contributed by atoms with Gasteiger partial charge in [0.2, 0.25) is 5.91 Å². The van der Waals surface area contributed by atoms with Gasteiger partial charge in [-0.2, -0.15) is 0 Å². The number of aliphatic hydroxyl groups excluding tert-OH is 5. The first-order chi connectivity index (χ1) is 46.3. The summed E-state index contributed by atoms with van der Waals surface area (Å²) in [5.41, 5.74) is 0. The highest BCUT2D eigenvalue weighted by Crippen LogP contribution is 2.23. The maximum Gasteiger partial charge on any atom is 0.220 e. The van der Waals surface area contributed by atoms with Crippen LogP contribution in [0.15, 0.2) is 122 Å². The quantitative estimate of drug-likeness (QED) is 0.0261. The van der Waals surface area contributed by atoms with Crippen LogP contribution in [0.1, 0.15) is 354 Å². The number of aliphatic hydroxyl groups is 5. The third-order valence-corrected chi connectivity index (χ3v) is 18.3. The van der Waals surface area contributed by atoms with Crippen molar-refractivity contribution in [1.29, 1.82) is 0 Å². The molecule has 0 aromatic rings. The average molecular weight is 1310 g/mol. The van der Waals surface area contributed by atoms with Crippen LogP contribution in [-0.4, -0.2) is 87.5 Å². The van der Waals surface area contributed by atoms with Crippen LogP contribution in [0, 0.1) is 0 Å². The molecule has 6 N–H and O–H groups in total. The molecule has 0 bridgehead atoms. The van der Waals surface area contributed by atoms with E-state index in [0.29, 0.717) is 6.42 Å². The van der Waals surface area contributed by atoms with Crippen LogP contribution in [0.3, 0.4) is 0 Å². The second kappa shape index (κ2) is 72.3. The minimum atomic E-state index is -1.58. The Kier molecular flexibility index (Phi) is 68.2. The highest BCUT2D eigenvalue weighted by Gasteiger charge is 2.44. The Morgan fingerprint density at radius 2 is 0.670 bits per heavy atom. The number of nitrogens with one attached hydrogen (secondary N) is 1. The van der Waals surface area contributed by atoms with Gasteiger partial charge in [0.15, 0.2) is 6.29 Å². The van der Waals surface area contributed by atoms with Gasteiger partial charge in [0.25, 0.3) is 0 Å². The van der Waals surface area contributed by atoms with Gasteiger partial charge >= 0.3 is 0 Å². The lowest BCUT2D eigenvalue weighted by Crippen LogP contribution is -2.60. The standard InChI is InChI=1S/C85H149NO8/c1-3-5-7-9-11-13-15-17-19-21-23-25-27-29-31-33-35-37-38-39-40-41-42-43-45-47-49-51-53-55-57-59-61-63-65-67-69-71-73-75-81(89)86-78(77-93-85-84(92)83(91)82(90)80(76-87)94-85)79(88)74-72-70-68-66-64-62-60-58-56-54-52-50-48-46-44-36-34-32-30-28-26-24-22-20-18-16-14-12-10-8-6-4-2/h5,7,11,13,17,19,23,25,29,31,35,37,39-40,42-43,64,66,72,74,78-80,82-85,87-88,90-92H,3-4,6,8-10,12,14-16,18,20-22,24,26-28,30,32-34,36,38,41,44-63,65,67-71,73,75-77H2,1-2H3,(H,86,89)/b7-5-,13-11-,19-17-,25-23-,31-29-,37-35-,40-39-,43-42-,66-64+,74-72+. The van der Waals surface area contributed by atoms with E-state index in [1.807, 2.05) is 6.08 Å². The van der Waals surface area contributed by atoms with Crippen molar-refractivity contribution in [3.8, 4) is 0 Å². The zero-order chi connectivity index (χ0) is 67.8. The SMILES string of the molecule is CC/C=C\C/C=C\C/C=C\C/C=C\C/C=C\C/C=C\C/C=C\C/C=C\CCCCCCCCCCCCCCCCC(=O)NC(COC1OC(CO)C(O)C(O)C1O)C(O)/C=C/CC/C=C/CCCCCCCCCCCCCCCCCCCCCCCCCCCC. The molecule has 9 nitrogen and oxygen atoms in total. The van der Waals surface area contributed by atoms with Gasteiger partial charge in [-0.1, -0.05) is 373 Å². The fraction of sp³-hybridized carbons (Fsp3) is 0.753. The van der Waals surface area contributed by atoms with Gasteiger partial charge in [0.1, 0.15) is 24.4 Å². The van der Waals surface area contributed by atoms with Crippen molar-refractivity contribution in [3.05, 3.63) is 122 Å². The van der Waals surface area contributed by atoms with E-state index in [1.54, 1.807) is 6.08 Å². The van der Waals surface area contributed by atoms with E-state index in [0.717, 1.165) is 89.9 Å². The molecule has 0 aliphatic carbocycles. The molecule has 1 saturated heterocycles. The minimum absolute atomic E-state index is 0.187. The summed E-state index contributed by atoms with van der Waals surface area (Å²) in [5.74, 6) is -0.187. The molecule has 1 rings (SSSR count). The van der Waals surface area contributed by atoms with Gasteiger partial charge in [0.05, 0.1) is 25.4 Å². The smallest absolute Gasteiger partial charge is 0.220 e. The van der Waals surface area contributed by atoms with Crippen LogP contribution in [0.25, 0.3) is 0 Å². The Balaban J connectivity index is 2.11. The molecule has 0 saturated carbocycles. The first-order valence-electron chi connectivity index (χ1n) is 39.8. The number of carbonyl (C=O) groups excluding carboxylic acids is 1. The molecule has 0 aromatic carbocycles. The zero-order valence-corrected chi connectivity index (χ0v) is 60.9. The summed E-state index contributed by atoms with van der Waals surface area (Å²) in [6, 6.07) is -0.831. The number of hydrogen-bond acceptors (Lipinski definition) is 8. The summed E-state index contributed by atoms with van der Waals surface area (Å²) in [6.45, 7) is 3.69. The number of hydrogen-bond donors (Lipinski definition) is 6. The van der Waals surface area contributed by atoms with Crippen LogP contribution in [-0.2, 0) is 14.3 Å². The van der Waals surface area contributed by atoms with Crippen molar-refractivity contribution >= 4 is 5.91 Å². The Bertz CT molecular complexity index is 1910. The van der Waals surface area contributed by atoms with Crippen molar-refractivity contribution in [1.82, 2.24) is 5.32 Å². The van der Waals surface area contributed by atoms with Crippen LogP contribution in [0.5, 0.6) is 0 Å². The minimum Gasteiger partial charge on any atom is -0.394 e. The highest BCUT2D eigenvalue weighted by molar-refractivity contribution is 5.76. The molecule has 7 unspecified atom stereocenters. The number of ether oxygens (including phenoxy) is 2. The monoisotopic (exact) mass is 1310 g/mol. The maximum atomic E-state index is 13.2. The van der Waals surface area contributed by atoms with E-state index in [2.05, 4.69) is 129 Å². The van der Waals surface area contributed by atoms with Gasteiger partial charge < -0.3 is 40.3 Å². The number of carbonyl (C=O) groups is 1. The van der Waals surface area contributed by atoms with Gasteiger partial charge in [-0.3, -0.25) is 4.79 Å². The molecule has 1 amide bonds. The summed E-state index contributed by atoms with van der Waals surface area (Å²) in [5, 5.41) is 54.9. The normalized spacial score (nSPS) is 18.2. The molecule has 9 heteroatoms. The van der Waals surface area contributed by atoms with Crippen molar-refractivity contribution in [2.75, 3.05) is 13.2 Å². The van der Waals surface area contributed by atoms with Crippen molar-refractivity contribution in [3.63, 3.8) is 0 Å². The molecule has 1 fully saturated rings. The molecule has 1 heterocycles. The summed E-state index contributed by atoms with van der Waals surface area (Å²) in [7, 11) is 0. The number of amides is 1. The summed E-state index contributed by atoms with van der Waals surface area (Å²) >= 11 is 0. The molecule has 542 valence electrons. The first kappa shape index (κ1) is 88.6. The Morgan fingerprint density at radius 1 is 0.372 bits per heavy atom. The second-order valence-corrected chi connectivity index (χ2v) is 27.1. The maximum absolute atomic E-state index is 13.2. The van der Waals surface area contributed by atoms with E-state index in [1.165, 1.54) is 244 Å². The molecule has 1 aliphatic heterocycles. The lowest BCUT2D eigenvalue weighted by atomic mass is 9.99. The lowest BCUT2D eigenvalue weighted by molar-refractivity contribution is -0.302. The predicted octanol–water partition coefficient (Wildman–Crippen LogP) is 22.9. The van der Waals surface area contributed by atoms with Crippen molar-refractivity contribution in [2.45, 2.75) is 397 Å². The summed E-state index contributed by atoms with van der Waals surface area (Å²) in [6.07, 6.45) is 102. The van der Waals surface area contributed by atoms with Gasteiger partial charge in [-0.25, -0.2) is 0 Å². The molecule has 0 spiro atoms. The average Bonchev–Trinajstić information content (AvgIpc) is 0.829. The third-order valence-electron chi connectivity index (χ3n) is 18.3. The second-order valence-electron chi connectivity index (χ2n) is 27.1. The van der Waals surface area contributed by atoms with E-state index in [-0.39, 0.29) is 12.5 Å². The lowest BCUT2D eigenvalue weighted by Gasteiger charge is -2.40. The van der Waals surface area contributed by atoms with Crippen LogP contribution < -0.4 is 5.32 Å². The Morgan fingerprint density at radius 3 is 1.02 bits per heavy atom. The number of allylic oxidation sites excluding steroid dienone is 19. The topological polar surface area (TPSA) is 149 Å². The molecule has 0 radical (unpaired) electrons. The Hall–Kier alpha value is -3.41. The van der Waals surface area contributed by atoms with Crippen molar-refractivity contribution < 1.29 is 39.8 Å². The molecular weight excluding hydrogens is 1160 g/mol. The zero-order valence-electron chi connectivity index (χ0n) is 60.9. The largest absolute Gasteiger partial charge is 0.394 e. The van der Waals surface area contributed by atoms with Crippen molar-refractivity contribution in [2.24, 2.45) is 0 Å². The first-order valence-corrected chi connectivity index (χ1v) is 39.8. The molecule has 1 aliphatic rings. The van der Waals surface area contributed by atoms with Gasteiger partial charge in [0, 0.05) is 6.42 Å². The summed E-state index contributed by atoms with van der Waals surface area (Å²) < 4.78 is 11.3. The van der Waals surface area contributed by atoms with E-state index < -0.39 is 49.5 Å². The molecule has 94 heavy (non-hydrogen) atoms. The highest BCUT2D eigenvalue weighted by atomic mass is 16.7. The van der Waals surface area contributed by atoms with Gasteiger partial charge in [-0.05, 0) is 96.3 Å². The Labute approximate surface area is 579 Å². The number of unbranched alkanes of at least 4 members (excludes halogenated alkanes) is 41. The van der Waals surface area contributed by atoms with Crippen LogP contribution >= 0.6 is 0 Å². The summed E-state index contributed by atoms with van der Waals surface area (Å²) in [4.78, 5) is 13.2.